The van der Waals surface area contributed by atoms with Crippen molar-refractivity contribution in [3.05, 3.63) is 21.4 Å². The van der Waals surface area contributed by atoms with Crippen LogP contribution in [0, 0.1) is 18.8 Å². The molecule has 0 aliphatic carbocycles. The summed E-state index contributed by atoms with van der Waals surface area (Å²) in [5, 5.41) is 8.71. The molecule has 1 aromatic rings. The van der Waals surface area contributed by atoms with E-state index in [4.69, 9.17) is 5.11 Å². The van der Waals surface area contributed by atoms with E-state index in [-0.39, 0.29) is 25.0 Å². The molecule has 1 rings (SSSR count). The van der Waals surface area contributed by atoms with Gasteiger partial charge in [0.1, 0.15) is 0 Å². The molecule has 6 heteroatoms. The van der Waals surface area contributed by atoms with Crippen molar-refractivity contribution >= 4 is 23.2 Å². The average molecular weight is 308 g/mol. The second-order valence-corrected chi connectivity index (χ2v) is 5.90. The molecule has 114 valence electrons. The summed E-state index contributed by atoms with van der Waals surface area (Å²) in [6, 6.07) is 1.78. The summed E-state index contributed by atoms with van der Waals surface area (Å²) >= 11 is 1.31. The van der Waals surface area contributed by atoms with Crippen molar-refractivity contribution in [2.75, 3.05) is 34.3 Å². The second-order valence-electron chi connectivity index (χ2n) is 4.85. The van der Waals surface area contributed by atoms with Gasteiger partial charge in [-0.25, -0.2) is 0 Å². The smallest absolute Gasteiger partial charge is 0.264 e. The number of likely N-dealkylation sites (N-methyl/N-ethyl adjacent to an activating group) is 2. The Bertz CT molecular complexity index is 581. The summed E-state index contributed by atoms with van der Waals surface area (Å²) in [6.45, 7) is 1.97. The van der Waals surface area contributed by atoms with Crippen LogP contribution in [0.4, 0.5) is 0 Å². The van der Waals surface area contributed by atoms with Gasteiger partial charge in [0.15, 0.2) is 0 Å². The standard InChI is InChI=1S/C15H20N2O3S/c1-11-9-13(21-12(11)7-5-6-8-18)15(20)17(4)10-14(19)16(2)3/h9,18H,6,8,10H2,1-4H3. The zero-order chi connectivity index (χ0) is 16.0. The van der Waals surface area contributed by atoms with E-state index < -0.39 is 0 Å². The molecular formula is C15H20N2O3S. The molecule has 0 aliphatic heterocycles. The van der Waals surface area contributed by atoms with Crippen molar-refractivity contribution in [1.82, 2.24) is 9.80 Å². The van der Waals surface area contributed by atoms with E-state index in [1.807, 2.05) is 6.92 Å². The SMILES string of the molecule is Cc1cc(C(=O)N(C)CC(=O)N(C)C)sc1C#CCCO. The fourth-order valence-corrected chi connectivity index (χ4v) is 2.56. The number of rotatable bonds is 4. The Morgan fingerprint density at radius 1 is 1.33 bits per heavy atom. The molecule has 21 heavy (non-hydrogen) atoms. The topological polar surface area (TPSA) is 60.9 Å². The summed E-state index contributed by atoms with van der Waals surface area (Å²) in [5.74, 6) is 5.49. The normalized spacial score (nSPS) is 9.76. The van der Waals surface area contributed by atoms with E-state index in [2.05, 4.69) is 11.8 Å². The summed E-state index contributed by atoms with van der Waals surface area (Å²) in [7, 11) is 4.92. The Balaban J connectivity index is 2.82. The Labute approximate surface area is 129 Å². The fraction of sp³-hybridized carbons (Fsp3) is 0.467. The number of amides is 2. The minimum atomic E-state index is -0.187. The Morgan fingerprint density at radius 3 is 2.57 bits per heavy atom. The first-order valence-electron chi connectivity index (χ1n) is 6.52. The monoisotopic (exact) mass is 308 g/mol. The van der Waals surface area contributed by atoms with Crippen LogP contribution in [0.15, 0.2) is 6.07 Å². The van der Waals surface area contributed by atoms with Crippen molar-refractivity contribution in [3.63, 3.8) is 0 Å². The molecule has 1 aromatic heterocycles. The number of carbonyl (C=O) groups excluding carboxylic acids is 2. The van der Waals surface area contributed by atoms with Crippen molar-refractivity contribution in [1.29, 1.82) is 0 Å². The van der Waals surface area contributed by atoms with Gasteiger partial charge >= 0.3 is 0 Å². The second kappa shape index (κ2) is 7.81. The van der Waals surface area contributed by atoms with E-state index in [9.17, 15) is 9.59 Å². The average Bonchev–Trinajstić information content (AvgIpc) is 2.79. The number of nitrogens with zero attached hydrogens (tertiary/aromatic N) is 2. The van der Waals surface area contributed by atoms with Crippen molar-refractivity contribution < 1.29 is 14.7 Å². The number of aryl methyl sites for hydroxylation is 1. The quantitative estimate of drug-likeness (QED) is 0.843. The van der Waals surface area contributed by atoms with Crippen molar-refractivity contribution in [3.8, 4) is 11.8 Å². The van der Waals surface area contributed by atoms with Crippen LogP contribution in [-0.2, 0) is 4.79 Å². The molecule has 1 heterocycles. The predicted octanol–water partition coefficient (Wildman–Crippen LogP) is 0.951. The third kappa shape index (κ3) is 4.88. The first kappa shape index (κ1) is 17.2. The lowest BCUT2D eigenvalue weighted by molar-refractivity contribution is -0.129. The number of aliphatic hydroxyl groups excluding tert-OH is 1. The van der Waals surface area contributed by atoms with Gasteiger partial charge in [0.25, 0.3) is 5.91 Å². The largest absolute Gasteiger partial charge is 0.395 e. The van der Waals surface area contributed by atoms with Crippen LogP contribution in [0.3, 0.4) is 0 Å². The summed E-state index contributed by atoms with van der Waals surface area (Å²) in [6.07, 6.45) is 0.415. The van der Waals surface area contributed by atoms with E-state index >= 15 is 0 Å². The molecule has 0 aromatic carbocycles. The first-order valence-corrected chi connectivity index (χ1v) is 7.34. The van der Waals surface area contributed by atoms with Gasteiger partial charge in [-0.05, 0) is 18.6 Å². The number of aliphatic hydroxyl groups is 1. The van der Waals surface area contributed by atoms with Gasteiger partial charge in [-0.2, -0.15) is 0 Å². The van der Waals surface area contributed by atoms with Crippen LogP contribution in [-0.4, -0.2) is 61.0 Å². The van der Waals surface area contributed by atoms with Gasteiger partial charge in [-0.1, -0.05) is 11.8 Å². The van der Waals surface area contributed by atoms with Crippen molar-refractivity contribution in [2.24, 2.45) is 0 Å². The van der Waals surface area contributed by atoms with Gasteiger partial charge in [-0.15, -0.1) is 11.3 Å². The highest BCUT2D eigenvalue weighted by atomic mass is 32.1. The molecule has 5 nitrogen and oxygen atoms in total. The zero-order valence-corrected chi connectivity index (χ0v) is 13.6. The highest BCUT2D eigenvalue weighted by Crippen LogP contribution is 2.22. The predicted molar refractivity (Wildman–Crippen MR) is 83.3 cm³/mol. The summed E-state index contributed by atoms with van der Waals surface area (Å²) < 4.78 is 0. The van der Waals surface area contributed by atoms with E-state index in [1.54, 1.807) is 27.2 Å². The van der Waals surface area contributed by atoms with Crippen LogP contribution >= 0.6 is 11.3 Å². The van der Waals surface area contributed by atoms with Gasteiger partial charge in [0.05, 0.1) is 22.9 Å². The number of hydrogen-bond acceptors (Lipinski definition) is 4. The molecule has 2 amide bonds. The van der Waals surface area contributed by atoms with E-state index in [1.165, 1.54) is 21.1 Å². The van der Waals surface area contributed by atoms with Crippen LogP contribution in [0.25, 0.3) is 0 Å². The Morgan fingerprint density at radius 2 is 2.00 bits per heavy atom. The molecule has 0 aliphatic rings. The molecule has 0 saturated heterocycles. The lowest BCUT2D eigenvalue weighted by atomic mass is 10.2. The molecule has 0 unspecified atom stereocenters. The zero-order valence-electron chi connectivity index (χ0n) is 12.8. The van der Waals surface area contributed by atoms with Gasteiger partial charge in [0.2, 0.25) is 5.91 Å². The van der Waals surface area contributed by atoms with Gasteiger partial charge in [-0.3, -0.25) is 9.59 Å². The van der Waals surface area contributed by atoms with Crippen LogP contribution in [0.2, 0.25) is 0 Å². The minimum absolute atomic E-state index is 0.0264. The molecule has 0 saturated carbocycles. The molecule has 1 N–H and O–H groups in total. The minimum Gasteiger partial charge on any atom is -0.395 e. The maximum atomic E-state index is 12.3. The van der Waals surface area contributed by atoms with Gasteiger partial charge in [0, 0.05) is 27.6 Å². The lowest BCUT2D eigenvalue weighted by Gasteiger charge is -2.18. The van der Waals surface area contributed by atoms with Crippen molar-refractivity contribution in [2.45, 2.75) is 13.3 Å². The van der Waals surface area contributed by atoms with E-state index in [0.717, 1.165) is 10.4 Å². The molecule has 0 spiro atoms. The fourth-order valence-electron chi connectivity index (χ4n) is 1.51. The van der Waals surface area contributed by atoms with E-state index in [0.29, 0.717) is 11.3 Å². The number of carbonyl (C=O) groups is 2. The molecule has 0 bridgehead atoms. The molecule has 0 radical (unpaired) electrons. The van der Waals surface area contributed by atoms with Gasteiger partial charge < -0.3 is 14.9 Å². The number of hydrogen-bond donors (Lipinski definition) is 1. The maximum Gasteiger partial charge on any atom is 0.264 e. The highest BCUT2D eigenvalue weighted by molar-refractivity contribution is 7.14. The molecular weight excluding hydrogens is 288 g/mol. The summed E-state index contributed by atoms with van der Waals surface area (Å²) in [5.41, 5.74) is 0.932. The molecule has 0 fully saturated rings. The van der Waals surface area contributed by atoms with Crippen LogP contribution < -0.4 is 0 Å². The summed E-state index contributed by atoms with van der Waals surface area (Å²) in [4.78, 5) is 28.1. The lowest BCUT2D eigenvalue weighted by Crippen LogP contribution is -2.37. The van der Waals surface area contributed by atoms with Crippen LogP contribution in [0.1, 0.15) is 26.5 Å². The number of thiophene rings is 1. The van der Waals surface area contributed by atoms with Crippen LogP contribution in [0.5, 0.6) is 0 Å². The Hall–Kier alpha value is -1.84. The third-order valence-corrected chi connectivity index (χ3v) is 3.93. The first-order chi connectivity index (χ1) is 9.86. The third-order valence-electron chi connectivity index (χ3n) is 2.79. The Kier molecular flexibility index (Phi) is 6.40. The maximum absolute atomic E-state index is 12.3. The molecule has 0 atom stereocenters. The highest BCUT2D eigenvalue weighted by Gasteiger charge is 2.18.